The minimum absolute atomic E-state index is 0.114. The molecule has 0 aliphatic carbocycles. The maximum absolute atomic E-state index is 12.3. The third-order valence-corrected chi connectivity index (χ3v) is 4.40. The van der Waals surface area contributed by atoms with E-state index in [1.165, 1.54) is 5.56 Å². The van der Waals surface area contributed by atoms with E-state index in [0.29, 0.717) is 10.7 Å². The van der Waals surface area contributed by atoms with Crippen molar-refractivity contribution in [3.8, 4) is 0 Å². The molecule has 0 aliphatic heterocycles. The summed E-state index contributed by atoms with van der Waals surface area (Å²) in [5.41, 5.74) is 5.69. The van der Waals surface area contributed by atoms with Crippen molar-refractivity contribution in [3.63, 3.8) is 0 Å². The lowest BCUT2D eigenvalue weighted by molar-refractivity contribution is -0.115. The summed E-state index contributed by atoms with van der Waals surface area (Å²) in [4.78, 5) is 12.3. The maximum Gasteiger partial charge on any atom is 0.228 e. The van der Waals surface area contributed by atoms with Crippen LogP contribution in [-0.4, -0.2) is 5.91 Å². The van der Waals surface area contributed by atoms with Crippen molar-refractivity contribution < 1.29 is 9.21 Å². The van der Waals surface area contributed by atoms with Crippen LogP contribution in [0.25, 0.3) is 11.0 Å². The summed E-state index contributed by atoms with van der Waals surface area (Å²) in [7, 11) is 0. The SMILES string of the molecule is Cc1ccc(NC(=O)Cc2coc3c(C)c(C)ccc23)c(Cl)c1. The zero-order valence-electron chi connectivity index (χ0n) is 13.4. The van der Waals surface area contributed by atoms with Crippen LogP contribution in [0.2, 0.25) is 5.02 Å². The van der Waals surface area contributed by atoms with Gasteiger partial charge in [-0.05, 0) is 49.6 Å². The van der Waals surface area contributed by atoms with E-state index in [9.17, 15) is 4.79 Å². The lowest BCUT2D eigenvalue weighted by Gasteiger charge is -2.07. The van der Waals surface area contributed by atoms with Crippen LogP contribution in [0.5, 0.6) is 0 Å². The number of halogens is 1. The van der Waals surface area contributed by atoms with E-state index in [-0.39, 0.29) is 12.3 Å². The van der Waals surface area contributed by atoms with Crippen LogP contribution in [0.1, 0.15) is 22.3 Å². The quantitative estimate of drug-likeness (QED) is 0.719. The van der Waals surface area contributed by atoms with Gasteiger partial charge in [0.2, 0.25) is 5.91 Å². The molecule has 0 aliphatic rings. The minimum Gasteiger partial charge on any atom is -0.464 e. The Bertz CT molecular complexity index is 896. The molecule has 0 radical (unpaired) electrons. The Morgan fingerprint density at radius 3 is 2.70 bits per heavy atom. The molecule has 3 aromatic rings. The molecule has 4 heteroatoms. The van der Waals surface area contributed by atoms with E-state index in [1.54, 1.807) is 6.26 Å². The predicted octanol–water partition coefficient (Wildman–Crippen LogP) is 5.19. The molecule has 3 nitrogen and oxygen atoms in total. The van der Waals surface area contributed by atoms with Gasteiger partial charge in [0.05, 0.1) is 23.4 Å². The molecular weight excluding hydrogens is 310 g/mol. The molecule has 1 N–H and O–H groups in total. The molecule has 118 valence electrons. The first-order valence-electron chi connectivity index (χ1n) is 7.48. The summed E-state index contributed by atoms with van der Waals surface area (Å²) in [6.07, 6.45) is 1.91. The molecule has 1 heterocycles. The molecule has 2 aromatic carbocycles. The zero-order valence-corrected chi connectivity index (χ0v) is 14.1. The van der Waals surface area contributed by atoms with Gasteiger partial charge in [0.15, 0.2) is 0 Å². The number of nitrogens with one attached hydrogen (secondary N) is 1. The van der Waals surface area contributed by atoms with Gasteiger partial charge in [0, 0.05) is 10.9 Å². The average molecular weight is 328 g/mol. The highest BCUT2D eigenvalue weighted by molar-refractivity contribution is 6.33. The summed E-state index contributed by atoms with van der Waals surface area (Å²) in [5.74, 6) is -0.114. The van der Waals surface area contributed by atoms with Crippen LogP contribution < -0.4 is 5.32 Å². The highest BCUT2D eigenvalue weighted by Gasteiger charge is 2.13. The lowest BCUT2D eigenvalue weighted by Crippen LogP contribution is -2.14. The van der Waals surface area contributed by atoms with Gasteiger partial charge in [-0.2, -0.15) is 0 Å². The van der Waals surface area contributed by atoms with Crippen LogP contribution in [0.3, 0.4) is 0 Å². The Hall–Kier alpha value is -2.26. The molecule has 0 fully saturated rings. The fourth-order valence-electron chi connectivity index (χ4n) is 2.61. The Labute approximate surface area is 140 Å². The second-order valence-electron chi connectivity index (χ2n) is 5.85. The van der Waals surface area contributed by atoms with Crippen LogP contribution in [0.15, 0.2) is 41.0 Å². The van der Waals surface area contributed by atoms with Crippen LogP contribution in [-0.2, 0) is 11.2 Å². The van der Waals surface area contributed by atoms with Crippen molar-refractivity contribution in [1.29, 1.82) is 0 Å². The van der Waals surface area contributed by atoms with E-state index in [4.69, 9.17) is 16.0 Å². The lowest BCUT2D eigenvalue weighted by atomic mass is 10.0. The first kappa shape index (κ1) is 15.6. The second-order valence-corrected chi connectivity index (χ2v) is 6.26. The van der Waals surface area contributed by atoms with Gasteiger partial charge in [0.25, 0.3) is 0 Å². The molecule has 3 rings (SSSR count). The molecule has 1 aromatic heterocycles. The van der Waals surface area contributed by atoms with Gasteiger partial charge < -0.3 is 9.73 Å². The molecule has 0 saturated heterocycles. The van der Waals surface area contributed by atoms with E-state index in [1.807, 2.05) is 51.1 Å². The first-order chi connectivity index (χ1) is 11.0. The maximum atomic E-state index is 12.3. The summed E-state index contributed by atoms with van der Waals surface area (Å²) in [6.45, 7) is 6.03. The average Bonchev–Trinajstić information content (AvgIpc) is 2.89. The van der Waals surface area contributed by atoms with Gasteiger partial charge in [-0.1, -0.05) is 29.8 Å². The number of hydrogen-bond donors (Lipinski definition) is 1. The number of carbonyl (C=O) groups excluding carboxylic acids is 1. The van der Waals surface area contributed by atoms with Gasteiger partial charge in [-0.3, -0.25) is 4.79 Å². The highest BCUT2D eigenvalue weighted by atomic mass is 35.5. The number of rotatable bonds is 3. The van der Waals surface area contributed by atoms with Gasteiger partial charge in [-0.25, -0.2) is 0 Å². The van der Waals surface area contributed by atoms with Crippen LogP contribution in [0.4, 0.5) is 5.69 Å². The van der Waals surface area contributed by atoms with E-state index in [2.05, 4.69) is 5.32 Å². The smallest absolute Gasteiger partial charge is 0.228 e. The Kier molecular flexibility index (Phi) is 4.14. The van der Waals surface area contributed by atoms with Crippen molar-refractivity contribution in [2.24, 2.45) is 0 Å². The van der Waals surface area contributed by atoms with Gasteiger partial charge in [-0.15, -0.1) is 0 Å². The van der Waals surface area contributed by atoms with Crippen molar-refractivity contribution in [2.75, 3.05) is 5.32 Å². The highest BCUT2D eigenvalue weighted by Crippen LogP contribution is 2.27. The van der Waals surface area contributed by atoms with Crippen LogP contribution >= 0.6 is 11.6 Å². The van der Waals surface area contributed by atoms with Crippen molar-refractivity contribution in [3.05, 3.63) is 63.9 Å². The number of fused-ring (bicyclic) bond motifs is 1. The zero-order chi connectivity index (χ0) is 16.6. The number of anilines is 1. The summed E-state index contributed by atoms with van der Waals surface area (Å²) < 4.78 is 5.65. The van der Waals surface area contributed by atoms with Crippen molar-refractivity contribution in [2.45, 2.75) is 27.2 Å². The van der Waals surface area contributed by atoms with Crippen molar-refractivity contribution in [1.82, 2.24) is 0 Å². The minimum atomic E-state index is -0.114. The number of carbonyl (C=O) groups is 1. The summed E-state index contributed by atoms with van der Waals surface area (Å²) >= 11 is 6.16. The molecule has 0 saturated carbocycles. The monoisotopic (exact) mass is 327 g/mol. The molecule has 0 bridgehead atoms. The third kappa shape index (κ3) is 3.10. The van der Waals surface area contributed by atoms with E-state index in [0.717, 1.165) is 27.7 Å². The molecule has 0 spiro atoms. The Morgan fingerprint density at radius 1 is 1.17 bits per heavy atom. The fourth-order valence-corrected chi connectivity index (χ4v) is 2.90. The third-order valence-electron chi connectivity index (χ3n) is 4.09. The van der Waals surface area contributed by atoms with Gasteiger partial charge in [0.1, 0.15) is 5.58 Å². The molecule has 0 atom stereocenters. The number of amides is 1. The van der Waals surface area contributed by atoms with Crippen molar-refractivity contribution >= 4 is 34.2 Å². The van der Waals surface area contributed by atoms with Crippen LogP contribution in [0, 0.1) is 20.8 Å². The number of aryl methyl sites for hydroxylation is 3. The Balaban J connectivity index is 1.82. The largest absolute Gasteiger partial charge is 0.464 e. The first-order valence-corrected chi connectivity index (χ1v) is 7.86. The number of hydrogen-bond acceptors (Lipinski definition) is 2. The predicted molar refractivity (Wildman–Crippen MR) is 94.2 cm³/mol. The molecule has 1 amide bonds. The normalized spacial score (nSPS) is 11.0. The number of furan rings is 1. The Morgan fingerprint density at radius 2 is 1.96 bits per heavy atom. The molecular formula is C19H18ClNO2. The topological polar surface area (TPSA) is 42.2 Å². The fraction of sp³-hybridized carbons (Fsp3) is 0.211. The van der Waals surface area contributed by atoms with E-state index < -0.39 is 0 Å². The van der Waals surface area contributed by atoms with Gasteiger partial charge >= 0.3 is 0 Å². The summed E-state index contributed by atoms with van der Waals surface area (Å²) in [6, 6.07) is 9.61. The standard InChI is InChI=1S/C19H18ClNO2/c1-11-4-7-17(16(20)8-11)21-18(22)9-14-10-23-19-13(3)12(2)5-6-15(14)19/h4-8,10H,9H2,1-3H3,(H,21,22). The second kappa shape index (κ2) is 6.09. The number of benzene rings is 2. The molecule has 0 unspecified atom stereocenters. The summed E-state index contributed by atoms with van der Waals surface area (Å²) in [5, 5.41) is 4.38. The molecule has 23 heavy (non-hydrogen) atoms. The van der Waals surface area contributed by atoms with E-state index >= 15 is 0 Å².